The zero-order valence-corrected chi connectivity index (χ0v) is 13.0. The smallest absolute Gasteiger partial charge is 0.220 e. The fraction of sp³-hybridized carbons (Fsp3) is 0.188. The number of benzene rings is 2. The Labute approximate surface area is 133 Å². The van der Waals surface area contributed by atoms with E-state index in [-0.39, 0.29) is 0 Å². The van der Waals surface area contributed by atoms with Crippen LogP contribution in [-0.4, -0.2) is 11.7 Å². The van der Waals surface area contributed by atoms with Gasteiger partial charge in [-0.25, -0.2) is 9.98 Å². The average molecular weight is 317 g/mol. The third kappa shape index (κ3) is 2.96. The summed E-state index contributed by atoms with van der Waals surface area (Å²) in [4.78, 5) is 8.63. The van der Waals surface area contributed by atoms with E-state index >= 15 is 0 Å². The Kier molecular flexibility index (Phi) is 3.99. The van der Waals surface area contributed by atoms with Gasteiger partial charge in [-0.05, 0) is 49.0 Å². The number of halogens is 1. The van der Waals surface area contributed by atoms with Gasteiger partial charge in [-0.1, -0.05) is 23.7 Å². The first kappa shape index (κ1) is 14.2. The minimum Gasteiger partial charge on any atom is -0.494 e. The highest BCUT2D eigenvalue weighted by Crippen LogP contribution is 2.19. The minimum atomic E-state index is 0.371. The van der Waals surface area contributed by atoms with Crippen molar-refractivity contribution in [1.29, 1.82) is 0 Å². The van der Waals surface area contributed by atoms with Gasteiger partial charge in [-0.15, -0.1) is 0 Å². The molecule has 0 fully saturated rings. The van der Waals surface area contributed by atoms with Crippen LogP contribution in [0.25, 0.3) is 0 Å². The number of hydrogen-bond acceptors (Lipinski definition) is 2. The lowest BCUT2D eigenvalue weighted by molar-refractivity contribution is 0.336. The Morgan fingerprint density at radius 2 is 1.86 bits per heavy atom. The number of hydrogen-bond donors (Lipinski definition) is 0. The molecule has 0 bridgehead atoms. The van der Waals surface area contributed by atoms with Gasteiger partial charge in [0.05, 0.1) is 17.3 Å². The zero-order valence-electron chi connectivity index (χ0n) is 11.5. The first-order valence-corrected chi connectivity index (χ1v) is 7.46. The summed E-state index contributed by atoms with van der Waals surface area (Å²) in [5.74, 6) is 0.829. The molecule has 0 N–H and O–H groups in total. The molecule has 5 heteroatoms. The van der Waals surface area contributed by atoms with Crippen molar-refractivity contribution in [2.24, 2.45) is 9.98 Å². The highest BCUT2D eigenvalue weighted by atomic mass is 35.5. The van der Waals surface area contributed by atoms with Crippen LogP contribution in [0.5, 0.6) is 5.75 Å². The predicted molar refractivity (Wildman–Crippen MR) is 86.8 cm³/mol. The summed E-state index contributed by atoms with van der Waals surface area (Å²) in [6.45, 7) is 2.57. The maximum atomic E-state index is 5.93. The molecule has 3 nitrogen and oxygen atoms in total. The standard InChI is InChI=1S/C16H13ClN2OS/c1-2-20-14-8-7-13-15(19-16(21)18-13)12(14)9-10-3-5-11(17)6-4-10/h3-8H,2,9H2,1H3. The molecule has 1 heterocycles. The molecular weight excluding hydrogens is 304 g/mol. The first-order valence-electron chi connectivity index (χ1n) is 6.68. The maximum Gasteiger partial charge on any atom is 0.220 e. The normalized spacial score (nSPS) is 12.6. The van der Waals surface area contributed by atoms with Crippen molar-refractivity contribution in [3.05, 3.63) is 63.3 Å². The van der Waals surface area contributed by atoms with Gasteiger partial charge in [-0.3, -0.25) is 0 Å². The van der Waals surface area contributed by atoms with Crippen LogP contribution in [0, 0.1) is 0 Å². The molecule has 0 aliphatic carbocycles. The lowest BCUT2D eigenvalue weighted by Crippen LogP contribution is -2.27. The number of rotatable bonds is 4. The van der Waals surface area contributed by atoms with Gasteiger partial charge in [-0.2, -0.15) is 0 Å². The van der Waals surface area contributed by atoms with Gasteiger partial charge in [0.1, 0.15) is 5.75 Å². The molecule has 106 valence electrons. The molecular formula is C16H13ClN2OS. The largest absolute Gasteiger partial charge is 0.494 e. The predicted octanol–water partition coefficient (Wildman–Crippen LogP) is 2.87. The topological polar surface area (TPSA) is 34.0 Å². The molecule has 0 unspecified atom stereocenters. The van der Waals surface area contributed by atoms with Gasteiger partial charge in [0.15, 0.2) is 0 Å². The van der Waals surface area contributed by atoms with Crippen LogP contribution in [-0.2, 0) is 6.42 Å². The number of nitrogens with zero attached hydrogens (tertiary/aromatic N) is 2. The molecule has 2 aromatic carbocycles. The average Bonchev–Trinajstić information content (AvgIpc) is 2.85. The molecule has 2 aromatic rings. The van der Waals surface area contributed by atoms with Crippen molar-refractivity contribution in [1.82, 2.24) is 0 Å². The second-order valence-electron chi connectivity index (χ2n) is 4.65. The molecule has 0 saturated heterocycles. The van der Waals surface area contributed by atoms with Crippen molar-refractivity contribution in [2.75, 3.05) is 6.61 Å². The van der Waals surface area contributed by atoms with E-state index in [1.807, 2.05) is 43.3 Å². The van der Waals surface area contributed by atoms with Crippen LogP contribution < -0.4 is 15.5 Å². The fourth-order valence-corrected chi connectivity index (χ4v) is 2.63. The second kappa shape index (κ2) is 5.92. The third-order valence-electron chi connectivity index (χ3n) is 3.24. The molecule has 1 aliphatic rings. The van der Waals surface area contributed by atoms with E-state index in [9.17, 15) is 0 Å². The summed E-state index contributed by atoms with van der Waals surface area (Å²) in [5.41, 5.74) is 2.15. The third-order valence-corrected chi connectivity index (χ3v) is 3.67. The molecule has 0 radical (unpaired) electrons. The first-order chi connectivity index (χ1) is 10.2. The lowest BCUT2D eigenvalue weighted by Gasteiger charge is -2.10. The van der Waals surface area contributed by atoms with Crippen molar-refractivity contribution in [3.63, 3.8) is 0 Å². The Hall–Kier alpha value is -1.78. The summed E-state index contributed by atoms with van der Waals surface area (Å²) in [5, 5.41) is 2.73. The molecule has 3 rings (SSSR count). The Morgan fingerprint density at radius 1 is 1.10 bits per heavy atom. The summed E-state index contributed by atoms with van der Waals surface area (Å²) in [6.07, 6.45) is 0.706. The minimum absolute atomic E-state index is 0.371. The van der Waals surface area contributed by atoms with E-state index in [4.69, 9.17) is 28.6 Å². The number of ether oxygens (including phenoxy) is 1. The van der Waals surface area contributed by atoms with Gasteiger partial charge >= 0.3 is 0 Å². The van der Waals surface area contributed by atoms with Crippen molar-refractivity contribution < 1.29 is 4.74 Å². The molecule has 0 amide bonds. The summed E-state index contributed by atoms with van der Waals surface area (Å²) < 4.78 is 5.72. The van der Waals surface area contributed by atoms with Crippen molar-refractivity contribution in [3.8, 4) is 5.75 Å². The number of fused-ring (bicyclic) bond motifs is 1. The highest BCUT2D eigenvalue weighted by Gasteiger charge is 2.13. The monoisotopic (exact) mass is 316 g/mol. The van der Waals surface area contributed by atoms with Crippen LogP contribution in [0.1, 0.15) is 18.1 Å². The van der Waals surface area contributed by atoms with Crippen LogP contribution in [0.3, 0.4) is 0 Å². The van der Waals surface area contributed by atoms with Crippen molar-refractivity contribution >= 4 is 28.9 Å². The maximum absolute atomic E-state index is 5.93. The van der Waals surface area contributed by atoms with Gasteiger partial charge < -0.3 is 4.74 Å². The second-order valence-corrected chi connectivity index (χ2v) is 5.45. The zero-order chi connectivity index (χ0) is 14.8. The molecule has 21 heavy (non-hydrogen) atoms. The summed E-state index contributed by atoms with van der Waals surface area (Å²) >= 11 is 11.0. The van der Waals surface area contributed by atoms with Gasteiger partial charge in [0.2, 0.25) is 5.11 Å². The van der Waals surface area contributed by atoms with Crippen molar-refractivity contribution in [2.45, 2.75) is 13.3 Å². The van der Waals surface area contributed by atoms with E-state index in [0.29, 0.717) is 18.1 Å². The van der Waals surface area contributed by atoms with E-state index in [2.05, 4.69) is 9.98 Å². The Balaban J connectivity index is 2.10. The van der Waals surface area contributed by atoms with Crippen LogP contribution in [0.15, 0.2) is 46.4 Å². The molecule has 1 aliphatic heterocycles. The van der Waals surface area contributed by atoms with Crippen LogP contribution in [0.4, 0.5) is 0 Å². The van der Waals surface area contributed by atoms with E-state index in [0.717, 1.165) is 32.6 Å². The molecule has 0 aromatic heterocycles. The molecule has 0 spiro atoms. The number of thiocarbonyl (C=S) groups is 1. The quantitative estimate of drug-likeness (QED) is 0.813. The summed E-state index contributed by atoms with van der Waals surface area (Å²) in [7, 11) is 0. The van der Waals surface area contributed by atoms with Gasteiger partial charge in [0.25, 0.3) is 0 Å². The van der Waals surface area contributed by atoms with Gasteiger partial charge in [0, 0.05) is 17.0 Å². The highest BCUT2D eigenvalue weighted by molar-refractivity contribution is 7.80. The van der Waals surface area contributed by atoms with E-state index < -0.39 is 0 Å². The molecule has 0 atom stereocenters. The Morgan fingerprint density at radius 3 is 2.57 bits per heavy atom. The van der Waals surface area contributed by atoms with E-state index in [1.54, 1.807) is 0 Å². The Bertz CT molecular complexity index is 815. The fourth-order valence-electron chi connectivity index (χ4n) is 2.31. The SMILES string of the molecule is CCOc1ccc2c(c1Cc1ccc(Cl)cc1)=NC(=S)N=2. The van der Waals surface area contributed by atoms with Crippen LogP contribution >= 0.6 is 23.8 Å². The summed E-state index contributed by atoms with van der Waals surface area (Å²) in [6, 6.07) is 11.6. The lowest BCUT2D eigenvalue weighted by atomic mass is 10.0. The van der Waals surface area contributed by atoms with E-state index in [1.165, 1.54) is 0 Å². The molecule has 0 saturated carbocycles. The van der Waals surface area contributed by atoms with Crippen LogP contribution in [0.2, 0.25) is 5.02 Å².